The van der Waals surface area contributed by atoms with E-state index in [-0.39, 0.29) is 22.5 Å². The first-order valence-corrected chi connectivity index (χ1v) is 7.83. The molecule has 1 amide bonds. The van der Waals surface area contributed by atoms with Gasteiger partial charge in [-0.15, -0.1) is 0 Å². The van der Waals surface area contributed by atoms with Gasteiger partial charge in [-0.05, 0) is 35.5 Å². The fraction of sp³-hybridized carbons (Fsp3) is 0.200. The van der Waals surface area contributed by atoms with E-state index < -0.39 is 23.0 Å². The molecule has 0 saturated carbocycles. The summed E-state index contributed by atoms with van der Waals surface area (Å²) in [5, 5.41) is 10.7. The van der Waals surface area contributed by atoms with Crippen molar-refractivity contribution in [3.63, 3.8) is 0 Å². The summed E-state index contributed by atoms with van der Waals surface area (Å²) in [7, 11) is 3.76. The Morgan fingerprint density at radius 1 is 1.24 bits per heavy atom. The molecule has 130 valence electrons. The predicted molar refractivity (Wildman–Crippen MR) is 91.8 cm³/mol. The van der Waals surface area contributed by atoms with Crippen LogP contribution in [0.1, 0.15) is 5.56 Å². The van der Waals surface area contributed by atoms with Gasteiger partial charge in [0.15, 0.2) is 5.84 Å². The number of carbonyl (C=O) groups excluding carboxylic acids is 1. The van der Waals surface area contributed by atoms with Crippen molar-refractivity contribution in [3.05, 3.63) is 35.4 Å². The number of amidine groups is 2. The van der Waals surface area contributed by atoms with Crippen molar-refractivity contribution in [2.24, 2.45) is 10.1 Å². The minimum atomic E-state index is -4.65. The average molecular weight is 367 g/mol. The molecule has 2 aliphatic heterocycles. The van der Waals surface area contributed by atoms with Crippen LogP contribution >= 0.6 is 11.8 Å². The third kappa shape index (κ3) is 3.29. The molecule has 10 heteroatoms. The topological polar surface area (TPSA) is 72.1 Å². The van der Waals surface area contributed by atoms with Gasteiger partial charge >= 0.3 is 6.18 Å². The van der Waals surface area contributed by atoms with Crippen LogP contribution in [0.15, 0.2) is 39.9 Å². The fourth-order valence-electron chi connectivity index (χ4n) is 2.14. The number of aliphatic imine (C=N–C) groups is 1. The van der Waals surface area contributed by atoms with Crippen molar-refractivity contribution in [1.29, 1.82) is 5.41 Å². The molecule has 3 rings (SSSR count). The Morgan fingerprint density at radius 2 is 1.88 bits per heavy atom. The van der Waals surface area contributed by atoms with Gasteiger partial charge in [0.25, 0.3) is 5.91 Å². The Kier molecular flexibility index (Phi) is 4.15. The number of rotatable bonds is 2. The Morgan fingerprint density at radius 3 is 2.44 bits per heavy atom. The molecule has 1 aromatic carbocycles. The van der Waals surface area contributed by atoms with Crippen LogP contribution in [0.25, 0.3) is 6.08 Å². The summed E-state index contributed by atoms with van der Waals surface area (Å²) in [4.78, 5) is 17.6. The predicted octanol–water partition coefficient (Wildman–Crippen LogP) is 2.93. The van der Waals surface area contributed by atoms with E-state index in [4.69, 9.17) is 5.41 Å². The molecule has 0 radical (unpaired) electrons. The van der Waals surface area contributed by atoms with Gasteiger partial charge in [0.05, 0.1) is 5.57 Å². The number of fused-ring (bicyclic) bond motifs is 1. The lowest BCUT2D eigenvalue weighted by molar-refractivity contribution is -0.114. The summed E-state index contributed by atoms with van der Waals surface area (Å²) in [5.41, 5.74) is 1.46. The average Bonchev–Trinajstić information content (AvgIpc) is 2.96. The summed E-state index contributed by atoms with van der Waals surface area (Å²) in [6, 6.07) is 7.13. The van der Waals surface area contributed by atoms with Crippen molar-refractivity contribution in [3.8, 4) is 0 Å². The number of alkyl halides is 3. The van der Waals surface area contributed by atoms with Gasteiger partial charge in [0, 0.05) is 19.8 Å². The molecule has 6 nitrogen and oxygen atoms in total. The van der Waals surface area contributed by atoms with Crippen LogP contribution in [-0.2, 0) is 4.79 Å². The number of thioether (sulfide) groups is 1. The zero-order valence-corrected chi connectivity index (χ0v) is 13.9. The summed E-state index contributed by atoms with van der Waals surface area (Å²) in [6.07, 6.45) is -3.24. The van der Waals surface area contributed by atoms with E-state index in [1.807, 2.05) is 31.1 Å². The first-order valence-electron chi connectivity index (χ1n) is 7.01. The Bertz CT molecular complexity index is 840. The second kappa shape index (κ2) is 6.03. The first kappa shape index (κ1) is 17.2. The largest absolute Gasteiger partial charge is 0.441 e. The third-order valence-electron chi connectivity index (χ3n) is 3.42. The van der Waals surface area contributed by atoms with Crippen molar-refractivity contribution in [1.82, 2.24) is 5.01 Å². The monoisotopic (exact) mass is 367 g/mol. The number of nitrogens with zero attached hydrogens (tertiary/aromatic N) is 4. The fourth-order valence-corrected chi connectivity index (χ4v) is 2.90. The number of anilines is 1. The lowest BCUT2D eigenvalue weighted by Gasteiger charge is -2.20. The van der Waals surface area contributed by atoms with Crippen LogP contribution in [0.5, 0.6) is 0 Å². The summed E-state index contributed by atoms with van der Waals surface area (Å²) < 4.78 is 38.3. The second-order valence-electron chi connectivity index (χ2n) is 5.41. The van der Waals surface area contributed by atoms with E-state index in [0.717, 1.165) is 10.7 Å². The Balaban J connectivity index is 1.93. The van der Waals surface area contributed by atoms with Gasteiger partial charge in [0.1, 0.15) is 0 Å². The number of halogens is 3. The Labute approximate surface area is 145 Å². The normalized spacial score (nSPS) is 19.1. The number of amides is 1. The van der Waals surface area contributed by atoms with Crippen LogP contribution in [-0.4, -0.2) is 47.2 Å². The van der Waals surface area contributed by atoms with E-state index in [1.165, 1.54) is 6.08 Å². The molecule has 0 aromatic heterocycles. The smallest absolute Gasteiger partial charge is 0.378 e. The van der Waals surface area contributed by atoms with E-state index >= 15 is 0 Å². The summed E-state index contributed by atoms with van der Waals surface area (Å²) >= 11 is 0.229. The lowest BCUT2D eigenvalue weighted by Crippen LogP contribution is -2.35. The SMILES string of the molecule is CN(C)c1ccc(/C=C2\C(=N)N3N=C(C(F)(F)F)SC3=NC2=O)cc1. The quantitative estimate of drug-likeness (QED) is 0.816. The molecule has 1 aromatic rings. The van der Waals surface area contributed by atoms with Crippen LogP contribution in [0.4, 0.5) is 18.9 Å². The zero-order chi connectivity index (χ0) is 18.4. The lowest BCUT2D eigenvalue weighted by atomic mass is 10.1. The molecular formula is C15H12F3N5OS. The molecule has 0 bridgehead atoms. The van der Waals surface area contributed by atoms with E-state index in [2.05, 4.69) is 10.1 Å². The number of hydrazone groups is 1. The van der Waals surface area contributed by atoms with E-state index in [9.17, 15) is 18.0 Å². The molecule has 0 unspecified atom stereocenters. The van der Waals surface area contributed by atoms with Gasteiger partial charge in [-0.1, -0.05) is 12.1 Å². The van der Waals surface area contributed by atoms with Crippen molar-refractivity contribution >= 4 is 45.5 Å². The minimum Gasteiger partial charge on any atom is -0.378 e. The van der Waals surface area contributed by atoms with Gasteiger partial charge in [-0.2, -0.15) is 28.3 Å². The standard InChI is InChI=1S/C15H12F3N5OS/c1-22(2)9-5-3-8(4-6-9)7-10-11(19)23-14(20-12(10)24)25-13(21-23)15(16,17)18/h3-7,19H,1-2H3/b10-7+,19-11?. The maximum Gasteiger partial charge on any atom is 0.441 e. The van der Waals surface area contributed by atoms with E-state index in [1.54, 1.807) is 12.1 Å². The van der Waals surface area contributed by atoms with Crippen molar-refractivity contribution < 1.29 is 18.0 Å². The van der Waals surface area contributed by atoms with E-state index in [0.29, 0.717) is 5.56 Å². The number of carbonyl (C=O) groups is 1. The molecule has 2 aliphatic rings. The second-order valence-corrected chi connectivity index (χ2v) is 6.36. The summed E-state index contributed by atoms with van der Waals surface area (Å²) in [5.74, 6) is -1.20. The molecule has 25 heavy (non-hydrogen) atoms. The molecule has 0 aliphatic carbocycles. The minimum absolute atomic E-state index is 0.117. The molecular weight excluding hydrogens is 355 g/mol. The zero-order valence-electron chi connectivity index (χ0n) is 13.1. The highest BCUT2D eigenvalue weighted by molar-refractivity contribution is 8.27. The number of nitrogens with one attached hydrogen (secondary N) is 1. The molecule has 0 fully saturated rings. The van der Waals surface area contributed by atoms with Crippen LogP contribution in [0, 0.1) is 5.41 Å². The van der Waals surface area contributed by atoms with Gasteiger partial charge in [-0.3, -0.25) is 10.2 Å². The number of benzene rings is 1. The highest BCUT2D eigenvalue weighted by Gasteiger charge is 2.46. The molecule has 0 atom stereocenters. The van der Waals surface area contributed by atoms with Crippen LogP contribution in [0.3, 0.4) is 0 Å². The van der Waals surface area contributed by atoms with Crippen LogP contribution in [0.2, 0.25) is 0 Å². The van der Waals surface area contributed by atoms with Crippen molar-refractivity contribution in [2.75, 3.05) is 19.0 Å². The summed E-state index contributed by atoms with van der Waals surface area (Å²) in [6.45, 7) is 0. The molecule has 0 spiro atoms. The Hall–Kier alpha value is -2.62. The van der Waals surface area contributed by atoms with Crippen molar-refractivity contribution in [2.45, 2.75) is 6.18 Å². The third-order valence-corrected chi connectivity index (χ3v) is 4.37. The number of hydrogen-bond donors (Lipinski definition) is 1. The van der Waals surface area contributed by atoms with Gasteiger partial charge in [-0.25, -0.2) is 0 Å². The molecule has 2 heterocycles. The van der Waals surface area contributed by atoms with Gasteiger partial charge in [0.2, 0.25) is 10.2 Å². The van der Waals surface area contributed by atoms with Gasteiger partial charge < -0.3 is 4.90 Å². The molecule has 1 N–H and O–H groups in total. The first-order chi connectivity index (χ1) is 11.7. The number of hydrogen-bond acceptors (Lipinski definition) is 5. The highest BCUT2D eigenvalue weighted by atomic mass is 32.2. The maximum atomic E-state index is 12.8. The van der Waals surface area contributed by atoms with Crippen LogP contribution < -0.4 is 4.90 Å². The maximum absolute atomic E-state index is 12.8. The highest BCUT2D eigenvalue weighted by Crippen LogP contribution is 2.35. The molecule has 0 saturated heterocycles.